The van der Waals surface area contributed by atoms with Crippen LogP contribution in [0.25, 0.3) is 0 Å². The average molecular weight is 274 g/mol. The second-order valence-electron chi connectivity index (χ2n) is 5.45. The summed E-state index contributed by atoms with van der Waals surface area (Å²) in [7, 11) is -2.81. The quantitative estimate of drug-likeness (QED) is 0.744. The standard InChI is InChI=1S/C12H22N2O3S/c15-12(14-11-3-1-2-4-11)8-13-7-10-5-6-18(16,17)9-10/h10-11,13H,1-9H2,(H,14,15). The highest BCUT2D eigenvalue weighted by Crippen LogP contribution is 2.18. The first kappa shape index (κ1) is 13.8. The minimum absolute atomic E-state index is 0.0303. The Morgan fingerprint density at radius 1 is 1.17 bits per heavy atom. The molecular formula is C12H22N2O3S. The molecule has 2 N–H and O–H groups in total. The average Bonchev–Trinajstić information content (AvgIpc) is 2.88. The Kier molecular flexibility index (Phi) is 4.61. The van der Waals surface area contributed by atoms with E-state index in [2.05, 4.69) is 10.6 Å². The Hall–Kier alpha value is -0.620. The Labute approximate surface area is 109 Å². The van der Waals surface area contributed by atoms with Gasteiger partial charge in [0.25, 0.3) is 0 Å². The van der Waals surface area contributed by atoms with Crippen molar-refractivity contribution in [3.63, 3.8) is 0 Å². The van der Waals surface area contributed by atoms with E-state index in [1.54, 1.807) is 0 Å². The van der Waals surface area contributed by atoms with Crippen LogP contribution in [-0.2, 0) is 14.6 Å². The van der Waals surface area contributed by atoms with Crippen LogP contribution in [0.3, 0.4) is 0 Å². The summed E-state index contributed by atoms with van der Waals surface area (Å²) in [5.41, 5.74) is 0. The number of nitrogens with one attached hydrogen (secondary N) is 2. The summed E-state index contributed by atoms with van der Waals surface area (Å²) in [6, 6.07) is 0.353. The molecule has 1 unspecified atom stereocenters. The highest BCUT2D eigenvalue weighted by atomic mass is 32.2. The normalized spacial score (nSPS) is 27.4. The Morgan fingerprint density at radius 3 is 2.50 bits per heavy atom. The monoisotopic (exact) mass is 274 g/mol. The Balaban J connectivity index is 1.59. The molecule has 2 aliphatic rings. The van der Waals surface area contributed by atoms with Gasteiger partial charge in [0, 0.05) is 6.04 Å². The fraction of sp³-hybridized carbons (Fsp3) is 0.917. The molecule has 1 saturated heterocycles. The largest absolute Gasteiger partial charge is 0.352 e. The van der Waals surface area contributed by atoms with Crippen molar-refractivity contribution in [3.05, 3.63) is 0 Å². The van der Waals surface area contributed by atoms with Gasteiger partial charge in [0.05, 0.1) is 18.1 Å². The molecule has 2 rings (SSSR count). The number of sulfone groups is 1. The molecule has 0 radical (unpaired) electrons. The first-order chi connectivity index (χ1) is 8.55. The van der Waals surface area contributed by atoms with Gasteiger partial charge in [0.1, 0.15) is 0 Å². The zero-order valence-corrected chi connectivity index (χ0v) is 11.5. The zero-order chi connectivity index (χ0) is 13.0. The van der Waals surface area contributed by atoms with Crippen LogP contribution in [0, 0.1) is 5.92 Å². The summed E-state index contributed by atoms with van der Waals surface area (Å²) < 4.78 is 22.5. The van der Waals surface area contributed by atoms with Crippen LogP contribution >= 0.6 is 0 Å². The highest BCUT2D eigenvalue weighted by molar-refractivity contribution is 7.91. The molecule has 1 atom stereocenters. The van der Waals surface area contributed by atoms with Crippen molar-refractivity contribution in [2.45, 2.75) is 38.1 Å². The van der Waals surface area contributed by atoms with Crippen LogP contribution in [0.2, 0.25) is 0 Å². The van der Waals surface area contributed by atoms with Gasteiger partial charge in [-0.3, -0.25) is 4.79 Å². The van der Waals surface area contributed by atoms with E-state index in [1.165, 1.54) is 12.8 Å². The molecule has 1 aliphatic heterocycles. The number of carbonyl (C=O) groups is 1. The van der Waals surface area contributed by atoms with E-state index in [9.17, 15) is 13.2 Å². The SMILES string of the molecule is O=C(CNCC1CCS(=O)(=O)C1)NC1CCCC1. The van der Waals surface area contributed by atoms with E-state index < -0.39 is 9.84 Å². The predicted octanol–water partition coefficient (Wildman–Crippen LogP) is 0.0695. The molecule has 5 nitrogen and oxygen atoms in total. The zero-order valence-electron chi connectivity index (χ0n) is 10.7. The van der Waals surface area contributed by atoms with Gasteiger partial charge in [-0.15, -0.1) is 0 Å². The molecule has 1 saturated carbocycles. The van der Waals surface area contributed by atoms with Crippen LogP contribution in [0.1, 0.15) is 32.1 Å². The van der Waals surface area contributed by atoms with Gasteiger partial charge in [-0.05, 0) is 31.7 Å². The Bertz CT molecular complexity index is 388. The third-order valence-electron chi connectivity index (χ3n) is 3.77. The number of rotatable bonds is 5. The smallest absolute Gasteiger partial charge is 0.234 e. The van der Waals surface area contributed by atoms with Gasteiger partial charge in [-0.1, -0.05) is 12.8 Å². The van der Waals surface area contributed by atoms with Crippen LogP contribution < -0.4 is 10.6 Å². The van der Waals surface area contributed by atoms with Gasteiger partial charge < -0.3 is 10.6 Å². The molecule has 0 aromatic carbocycles. The van der Waals surface area contributed by atoms with Gasteiger partial charge in [-0.25, -0.2) is 8.42 Å². The molecule has 0 bridgehead atoms. The maximum Gasteiger partial charge on any atom is 0.234 e. The second kappa shape index (κ2) is 6.02. The summed E-state index contributed by atoms with van der Waals surface area (Å²) in [5.74, 6) is 0.773. The van der Waals surface area contributed by atoms with E-state index in [4.69, 9.17) is 0 Å². The first-order valence-corrected chi connectivity index (χ1v) is 8.58. The molecule has 18 heavy (non-hydrogen) atoms. The molecule has 1 amide bonds. The van der Waals surface area contributed by atoms with Crippen molar-refractivity contribution < 1.29 is 13.2 Å². The van der Waals surface area contributed by atoms with Gasteiger partial charge in [0.15, 0.2) is 9.84 Å². The summed E-state index contributed by atoms with van der Waals surface area (Å²) in [5, 5.41) is 6.06. The molecule has 0 spiro atoms. The number of hydrogen-bond donors (Lipinski definition) is 2. The highest BCUT2D eigenvalue weighted by Gasteiger charge is 2.27. The van der Waals surface area contributed by atoms with Crippen molar-refractivity contribution in [2.24, 2.45) is 5.92 Å². The van der Waals surface area contributed by atoms with E-state index in [0.29, 0.717) is 24.9 Å². The minimum atomic E-state index is -2.81. The fourth-order valence-corrected chi connectivity index (χ4v) is 4.63. The van der Waals surface area contributed by atoms with Crippen LogP contribution in [0.4, 0.5) is 0 Å². The fourth-order valence-electron chi connectivity index (χ4n) is 2.77. The van der Waals surface area contributed by atoms with E-state index in [1.807, 2.05) is 0 Å². The van der Waals surface area contributed by atoms with Crippen molar-refractivity contribution in [3.8, 4) is 0 Å². The minimum Gasteiger partial charge on any atom is -0.352 e. The van der Waals surface area contributed by atoms with Crippen molar-refractivity contribution in [1.29, 1.82) is 0 Å². The molecule has 2 fully saturated rings. The van der Waals surface area contributed by atoms with Crippen LogP contribution in [-0.4, -0.2) is 45.0 Å². The third kappa shape index (κ3) is 4.24. The van der Waals surface area contributed by atoms with Crippen LogP contribution in [0.5, 0.6) is 0 Å². The number of hydrogen-bond acceptors (Lipinski definition) is 4. The van der Waals surface area contributed by atoms with E-state index >= 15 is 0 Å². The van der Waals surface area contributed by atoms with Crippen molar-refractivity contribution in [2.75, 3.05) is 24.6 Å². The lowest BCUT2D eigenvalue weighted by molar-refractivity contribution is -0.120. The van der Waals surface area contributed by atoms with Crippen LogP contribution in [0.15, 0.2) is 0 Å². The topological polar surface area (TPSA) is 75.3 Å². The van der Waals surface area contributed by atoms with E-state index in [0.717, 1.165) is 19.3 Å². The molecule has 0 aromatic heterocycles. The third-order valence-corrected chi connectivity index (χ3v) is 5.60. The molecule has 1 aliphatic carbocycles. The van der Waals surface area contributed by atoms with Gasteiger partial charge in [-0.2, -0.15) is 0 Å². The lowest BCUT2D eigenvalue weighted by Crippen LogP contribution is -2.40. The summed E-state index contributed by atoms with van der Waals surface area (Å²) >= 11 is 0. The Morgan fingerprint density at radius 2 is 1.89 bits per heavy atom. The number of carbonyl (C=O) groups excluding carboxylic acids is 1. The van der Waals surface area contributed by atoms with Gasteiger partial charge >= 0.3 is 0 Å². The van der Waals surface area contributed by atoms with Crippen molar-refractivity contribution >= 4 is 15.7 Å². The molecule has 6 heteroatoms. The lowest BCUT2D eigenvalue weighted by Gasteiger charge is -2.13. The van der Waals surface area contributed by atoms with Crippen molar-refractivity contribution in [1.82, 2.24) is 10.6 Å². The van der Waals surface area contributed by atoms with E-state index in [-0.39, 0.29) is 17.6 Å². The predicted molar refractivity (Wildman–Crippen MR) is 70.0 cm³/mol. The maximum absolute atomic E-state index is 11.6. The molecule has 104 valence electrons. The summed E-state index contributed by atoms with van der Waals surface area (Å²) in [6.45, 7) is 0.921. The second-order valence-corrected chi connectivity index (χ2v) is 7.68. The summed E-state index contributed by atoms with van der Waals surface area (Å²) in [6.07, 6.45) is 5.31. The molecule has 0 aromatic rings. The first-order valence-electron chi connectivity index (χ1n) is 6.76. The number of amides is 1. The molecule has 1 heterocycles. The maximum atomic E-state index is 11.6. The lowest BCUT2D eigenvalue weighted by atomic mass is 10.1. The summed E-state index contributed by atoms with van der Waals surface area (Å²) in [4.78, 5) is 11.6. The molecular weight excluding hydrogens is 252 g/mol. The van der Waals surface area contributed by atoms with Gasteiger partial charge in [0.2, 0.25) is 5.91 Å².